The molecule has 0 saturated heterocycles. The van der Waals surface area contributed by atoms with Crippen LogP contribution in [0.3, 0.4) is 0 Å². The molecule has 0 aromatic heterocycles. The van der Waals surface area contributed by atoms with E-state index in [1.54, 1.807) is 0 Å². The molecule has 0 fully saturated rings. The predicted molar refractivity (Wildman–Crippen MR) is 153 cm³/mol. The Morgan fingerprint density at radius 2 is 0.912 bits per heavy atom. The Kier molecular flexibility index (Phi) is 14.0. The Labute approximate surface area is 216 Å². The predicted octanol–water partition coefficient (Wildman–Crippen LogP) is 11.1. The van der Waals surface area contributed by atoms with Gasteiger partial charge in [-0.1, -0.05) is 133 Å². The largest absolute Gasteiger partial charge is 0.127 e. The van der Waals surface area contributed by atoms with Crippen molar-refractivity contribution in [2.45, 2.75) is 122 Å². The molecule has 0 aliphatic rings. The molecular weight excluding hydrogens is 432 g/mol. The molecule has 2 rings (SSSR count). The van der Waals surface area contributed by atoms with Crippen molar-refractivity contribution < 1.29 is 0 Å². The average Bonchev–Trinajstić information content (AvgIpc) is 2.89. The van der Waals surface area contributed by atoms with E-state index >= 15 is 0 Å². The molecule has 2 aromatic rings. The number of halogens is 1. The molecule has 0 heterocycles. The van der Waals surface area contributed by atoms with Crippen molar-refractivity contribution in [2.24, 2.45) is 5.41 Å². The number of alkyl halides is 1. The van der Waals surface area contributed by atoms with Crippen LogP contribution < -0.4 is 0 Å². The minimum atomic E-state index is 0.0839. The third-order valence-corrected chi connectivity index (χ3v) is 8.40. The van der Waals surface area contributed by atoms with Gasteiger partial charge in [0.15, 0.2) is 0 Å². The minimum absolute atomic E-state index is 0.0839. The number of hydrogen-bond acceptors (Lipinski definition) is 0. The summed E-state index contributed by atoms with van der Waals surface area (Å²) in [4.78, 5) is 0. The first kappa shape index (κ1) is 29.0. The molecule has 0 spiro atoms. The van der Waals surface area contributed by atoms with Gasteiger partial charge in [-0.15, -0.1) is 11.6 Å². The fourth-order valence-corrected chi connectivity index (χ4v) is 6.26. The van der Waals surface area contributed by atoms with Crippen LogP contribution in [0.4, 0.5) is 0 Å². The second kappa shape index (κ2) is 16.4. The van der Waals surface area contributed by atoms with Crippen molar-refractivity contribution in [3.05, 3.63) is 71.8 Å². The van der Waals surface area contributed by atoms with Crippen LogP contribution in [-0.2, 0) is 5.41 Å². The van der Waals surface area contributed by atoms with Crippen LogP contribution in [0.25, 0.3) is 0 Å². The standard InChI is InChI=1S/C33H51Cl/c1-4-7-23-32(24-8-5-2,25-9-6-3)26-18-28-33(27-16-17-29-34,30-19-12-10-13-20-30)31-21-14-11-15-22-31/h10-15,19-22H,4-9,16-18,23-29H2,1-3H3. The lowest BCUT2D eigenvalue weighted by atomic mass is 9.65. The molecule has 0 bridgehead atoms. The van der Waals surface area contributed by atoms with E-state index < -0.39 is 0 Å². The highest BCUT2D eigenvalue weighted by Crippen LogP contribution is 2.46. The zero-order valence-electron chi connectivity index (χ0n) is 22.5. The summed E-state index contributed by atoms with van der Waals surface area (Å²) in [7, 11) is 0. The smallest absolute Gasteiger partial charge is 0.0223 e. The molecule has 190 valence electrons. The van der Waals surface area contributed by atoms with Crippen LogP contribution in [0.15, 0.2) is 60.7 Å². The van der Waals surface area contributed by atoms with Gasteiger partial charge in [0.1, 0.15) is 0 Å². The maximum Gasteiger partial charge on any atom is 0.0223 e. The molecule has 34 heavy (non-hydrogen) atoms. The molecule has 2 aromatic carbocycles. The molecule has 0 radical (unpaired) electrons. The van der Waals surface area contributed by atoms with Crippen LogP contribution in [0.2, 0.25) is 0 Å². The normalized spacial score (nSPS) is 12.2. The zero-order chi connectivity index (χ0) is 24.5. The lowest BCUT2D eigenvalue weighted by molar-refractivity contribution is 0.171. The summed E-state index contributed by atoms with van der Waals surface area (Å²) >= 11 is 6.13. The molecule has 0 amide bonds. The van der Waals surface area contributed by atoms with E-state index in [9.17, 15) is 0 Å². The van der Waals surface area contributed by atoms with Gasteiger partial charge >= 0.3 is 0 Å². The highest BCUT2D eigenvalue weighted by atomic mass is 35.5. The Hall–Kier alpha value is -1.27. The molecular formula is C33H51Cl. The maximum atomic E-state index is 6.13. The molecule has 0 unspecified atom stereocenters. The van der Waals surface area contributed by atoms with Crippen LogP contribution >= 0.6 is 11.6 Å². The summed E-state index contributed by atoms with van der Waals surface area (Å²) in [6.07, 6.45) is 19.7. The molecule has 0 atom stereocenters. The molecule has 0 aliphatic heterocycles. The van der Waals surface area contributed by atoms with E-state index in [1.807, 2.05) is 0 Å². The van der Waals surface area contributed by atoms with E-state index in [2.05, 4.69) is 81.4 Å². The Bertz CT molecular complexity index is 674. The van der Waals surface area contributed by atoms with Crippen LogP contribution in [-0.4, -0.2) is 5.88 Å². The maximum absolute atomic E-state index is 6.13. The van der Waals surface area contributed by atoms with Crippen LogP contribution in [0, 0.1) is 5.41 Å². The van der Waals surface area contributed by atoms with Crippen molar-refractivity contribution in [1.82, 2.24) is 0 Å². The zero-order valence-corrected chi connectivity index (χ0v) is 23.2. The molecule has 0 aliphatic carbocycles. The van der Waals surface area contributed by atoms with Gasteiger partial charge in [-0.2, -0.15) is 0 Å². The van der Waals surface area contributed by atoms with E-state index in [4.69, 9.17) is 11.6 Å². The number of rotatable bonds is 19. The number of benzene rings is 2. The molecule has 0 saturated carbocycles. The van der Waals surface area contributed by atoms with E-state index in [1.165, 1.54) is 101 Å². The average molecular weight is 483 g/mol. The fourth-order valence-electron chi connectivity index (χ4n) is 6.08. The number of unbranched alkanes of at least 4 members (excludes halogenated alkanes) is 4. The first-order valence-electron chi connectivity index (χ1n) is 14.3. The van der Waals surface area contributed by atoms with Crippen molar-refractivity contribution in [2.75, 3.05) is 5.88 Å². The minimum Gasteiger partial charge on any atom is -0.127 e. The summed E-state index contributed by atoms with van der Waals surface area (Å²) in [5.74, 6) is 0.758. The Morgan fingerprint density at radius 1 is 0.500 bits per heavy atom. The van der Waals surface area contributed by atoms with Crippen molar-refractivity contribution in [3.8, 4) is 0 Å². The molecule has 0 nitrogen and oxygen atoms in total. The highest BCUT2D eigenvalue weighted by molar-refractivity contribution is 6.17. The fraction of sp³-hybridized carbons (Fsp3) is 0.636. The van der Waals surface area contributed by atoms with Crippen LogP contribution in [0.5, 0.6) is 0 Å². The summed E-state index contributed by atoms with van der Waals surface area (Å²) in [5, 5.41) is 0. The SMILES string of the molecule is CCCCC(CCCC)(CCCC)CCCC(CCCCCl)(c1ccccc1)c1ccccc1. The summed E-state index contributed by atoms with van der Waals surface area (Å²) in [5.41, 5.74) is 3.59. The van der Waals surface area contributed by atoms with E-state index in [0.29, 0.717) is 5.41 Å². The first-order valence-corrected chi connectivity index (χ1v) is 14.9. The van der Waals surface area contributed by atoms with Gasteiger partial charge in [0.25, 0.3) is 0 Å². The third-order valence-electron chi connectivity index (χ3n) is 8.13. The van der Waals surface area contributed by atoms with Crippen molar-refractivity contribution in [3.63, 3.8) is 0 Å². The van der Waals surface area contributed by atoms with Crippen LogP contribution in [0.1, 0.15) is 128 Å². The Balaban J connectivity index is 2.34. The quantitative estimate of drug-likeness (QED) is 0.138. The van der Waals surface area contributed by atoms with E-state index in [0.717, 1.165) is 12.3 Å². The van der Waals surface area contributed by atoms with Gasteiger partial charge in [0, 0.05) is 11.3 Å². The monoisotopic (exact) mass is 482 g/mol. The second-order valence-corrected chi connectivity index (χ2v) is 11.0. The second-order valence-electron chi connectivity index (χ2n) is 10.6. The topological polar surface area (TPSA) is 0 Å². The first-order chi connectivity index (χ1) is 16.7. The van der Waals surface area contributed by atoms with Gasteiger partial charge < -0.3 is 0 Å². The van der Waals surface area contributed by atoms with Gasteiger partial charge in [-0.3, -0.25) is 0 Å². The molecule has 1 heteroatoms. The lowest BCUT2D eigenvalue weighted by Gasteiger charge is -2.39. The third kappa shape index (κ3) is 8.75. The summed E-state index contributed by atoms with van der Waals surface area (Å²) in [6, 6.07) is 22.7. The van der Waals surface area contributed by atoms with Gasteiger partial charge in [0.05, 0.1) is 0 Å². The highest BCUT2D eigenvalue weighted by Gasteiger charge is 2.35. The lowest BCUT2D eigenvalue weighted by Crippen LogP contribution is -2.29. The van der Waals surface area contributed by atoms with Crippen molar-refractivity contribution >= 4 is 11.6 Å². The van der Waals surface area contributed by atoms with Gasteiger partial charge in [-0.25, -0.2) is 0 Å². The van der Waals surface area contributed by atoms with E-state index in [-0.39, 0.29) is 5.41 Å². The van der Waals surface area contributed by atoms with Gasteiger partial charge in [-0.05, 0) is 61.5 Å². The summed E-state index contributed by atoms with van der Waals surface area (Å²) < 4.78 is 0. The summed E-state index contributed by atoms with van der Waals surface area (Å²) in [6.45, 7) is 7.07. The number of hydrogen-bond donors (Lipinski definition) is 0. The molecule has 0 N–H and O–H groups in total. The van der Waals surface area contributed by atoms with Crippen molar-refractivity contribution in [1.29, 1.82) is 0 Å². The van der Waals surface area contributed by atoms with Gasteiger partial charge in [0.2, 0.25) is 0 Å². The Morgan fingerprint density at radius 3 is 1.32 bits per heavy atom.